The number of nitrogens with zero attached hydrogens (tertiary/aromatic N) is 3. The highest BCUT2D eigenvalue weighted by molar-refractivity contribution is 6.10. The second-order valence-corrected chi connectivity index (χ2v) is 12.3. The molecule has 6 aromatic carbocycles. The quantitative estimate of drug-likeness (QED) is 0.202. The van der Waals surface area contributed by atoms with E-state index in [0.29, 0.717) is 5.56 Å². The topological polar surface area (TPSA) is 45.1 Å². The van der Waals surface area contributed by atoms with Gasteiger partial charge in [0, 0.05) is 44.2 Å². The van der Waals surface area contributed by atoms with Crippen molar-refractivity contribution in [2.24, 2.45) is 0 Å². The highest BCUT2D eigenvalue weighted by atomic mass is 16.3. The number of hydrogen-bond donors (Lipinski definition) is 0. The minimum atomic E-state index is 0.0254. The number of hydrogen-bond acceptors (Lipinski definition) is 3. The Morgan fingerprint density at radius 2 is 1.23 bits per heavy atom. The highest BCUT2D eigenvalue weighted by Gasteiger charge is 2.44. The monoisotopic (exact) mass is 601 g/mol. The Kier molecular flexibility index (Phi) is 5.44. The lowest BCUT2D eigenvalue weighted by Crippen LogP contribution is -2.30. The van der Waals surface area contributed by atoms with Gasteiger partial charge in [0.25, 0.3) is 0 Å². The maximum atomic E-state index is 10.6. The maximum absolute atomic E-state index is 10.6. The van der Waals surface area contributed by atoms with Crippen molar-refractivity contribution in [3.8, 4) is 22.9 Å². The van der Waals surface area contributed by atoms with Crippen LogP contribution in [-0.2, 0) is 0 Å². The SMILES string of the molecule is N#Cc1cccc(-c2ccccc2N2c3ccccc3C3c4oc5ccccc5c4C=CC32)c1-n1c2ccccc2c2ccccc21. The van der Waals surface area contributed by atoms with Gasteiger partial charge in [-0.2, -0.15) is 5.26 Å². The minimum absolute atomic E-state index is 0.0254. The molecule has 0 amide bonds. The third-order valence-electron chi connectivity index (χ3n) is 9.99. The van der Waals surface area contributed by atoms with E-state index in [1.807, 2.05) is 18.2 Å². The zero-order chi connectivity index (χ0) is 31.1. The number of benzene rings is 6. The van der Waals surface area contributed by atoms with Crippen LogP contribution in [0.15, 0.2) is 150 Å². The van der Waals surface area contributed by atoms with E-state index < -0.39 is 0 Å². The maximum Gasteiger partial charge on any atom is 0.134 e. The lowest BCUT2D eigenvalue weighted by molar-refractivity contribution is 0.505. The molecule has 220 valence electrons. The summed E-state index contributed by atoms with van der Waals surface area (Å²) >= 11 is 0. The number of nitriles is 1. The molecule has 2 aliphatic rings. The number of aromatic nitrogens is 1. The van der Waals surface area contributed by atoms with Crippen molar-refractivity contribution in [2.45, 2.75) is 12.0 Å². The summed E-state index contributed by atoms with van der Waals surface area (Å²) in [5.74, 6) is 1.07. The third-order valence-corrected chi connectivity index (χ3v) is 9.99. The predicted octanol–water partition coefficient (Wildman–Crippen LogP) is 10.7. The molecule has 4 heteroatoms. The van der Waals surface area contributed by atoms with Crippen LogP contribution in [0.4, 0.5) is 11.4 Å². The lowest BCUT2D eigenvalue weighted by atomic mass is 9.85. The van der Waals surface area contributed by atoms with Crippen LogP contribution in [0.25, 0.3) is 55.7 Å². The molecule has 47 heavy (non-hydrogen) atoms. The molecule has 0 saturated heterocycles. The van der Waals surface area contributed by atoms with E-state index in [4.69, 9.17) is 4.42 Å². The fraction of sp³-hybridized carbons (Fsp3) is 0.0465. The van der Waals surface area contributed by atoms with Gasteiger partial charge >= 0.3 is 0 Å². The summed E-state index contributed by atoms with van der Waals surface area (Å²) in [6.45, 7) is 0. The normalized spacial score (nSPS) is 16.4. The molecule has 0 bridgehead atoms. The van der Waals surface area contributed by atoms with E-state index in [0.717, 1.165) is 50.3 Å². The van der Waals surface area contributed by atoms with Crippen LogP contribution in [-0.4, -0.2) is 10.6 Å². The fourth-order valence-corrected chi connectivity index (χ4v) is 8.10. The van der Waals surface area contributed by atoms with E-state index >= 15 is 0 Å². The Morgan fingerprint density at radius 3 is 2.02 bits per heavy atom. The van der Waals surface area contributed by atoms with Crippen LogP contribution in [0.3, 0.4) is 0 Å². The molecule has 4 nitrogen and oxygen atoms in total. The van der Waals surface area contributed by atoms with Crippen LogP contribution in [0.2, 0.25) is 0 Å². The van der Waals surface area contributed by atoms with Crippen LogP contribution in [0.1, 0.15) is 28.4 Å². The largest absolute Gasteiger partial charge is 0.460 e. The van der Waals surface area contributed by atoms with Gasteiger partial charge in [0.05, 0.1) is 34.2 Å². The second-order valence-electron chi connectivity index (χ2n) is 12.3. The summed E-state index contributed by atoms with van der Waals surface area (Å²) in [5.41, 5.74) is 11.4. The first-order valence-electron chi connectivity index (χ1n) is 16.0. The Balaban J connectivity index is 1.23. The summed E-state index contributed by atoms with van der Waals surface area (Å²) in [7, 11) is 0. The fourth-order valence-electron chi connectivity index (χ4n) is 8.10. The molecule has 0 spiro atoms. The first-order valence-corrected chi connectivity index (χ1v) is 16.0. The molecule has 0 saturated carbocycles. The van der Waals surface area contributed by atoms with Crippen LogP contribution >= 0.6 is 0 Å². The zero-order valence-electron chi connectivity index (χ0n) is 25.3. The van der Waals surface area contributed by atoms with Gasteiger partial charge in [0.2, 0.25) is 0 Å². The summed E-state index contributed by atoms with van der Waals surface area (Å²) in [6.07, 6.45) is 4.58. The van der Waals surface area contributed by atoms with Gasteiger partial charge in [-0.3, -0.25) is 0 Å². The Labute approximate surface area is 271 Å². The average Bonchev–Trinajstić information content (AvgIpc) is 3.79. The van der Waals surface area contributed by atoms with E-state index in [1.54, 1.807) is 0 Å². The standard InChI is InChI=1S/C43H27N3O/c44-26-27-12-11-18-32(42(27)46-36-20-7-1-13-28(36)29-14-2-8-21-37(29)46)30-15-3-6-19-35(30)45-38-22-9-4-17-34(38)41-39(45)25-24-33-31-16-5-10-23-40(31)47-43(33)41/h1-25,39,41H. The van der Waals surface area contributed by atoms with Gasteiger partial charge in [-0.05, 0) is 42.0 Å². The molecule has 2 atom stereocenters. The number of para-hydroxylation sites is 6. The Bertz CT molecular complexity index is 2580. The first kappa shape index (κ1) is 26.0. The number of furan rings is 1. The van der Waals surface area contributed by atoms with E-state index in [9.17, 15) is 5.26 Å². The predicted molar refractivity (Wildman–Crippen MR) is 190 cm³/mol. The Hall–Kier alpha value is -6.31. The molecule has 2 unspecified atom stereocenters. The summed E-state index contributed by atoms with van der Waals surface area (Å²) < 4.78 is 8.90. The second kappa shape index (κ2) is 9.84. The van der Waals surface area contributed by atoms with Crippen LogP contribution in [0.5, 0.6) is 0 Å². The first-order chi connectivity index (χ1) is 23.3. The lowest BCUT2D eigenvalue weighted by Gasteiger charge is -2.32. The molecule has 8 aromatic rings. The smallest absolute Gasteiger partial charge is 0.134 e. The molecular weight excluding hydrogens is 574 g/mol. The van der Waals surface area contributed by atoms with Crippen molar-refractivity contribution in [1.82, 2.24) is 4.57 Å². The molecule has 0 N–H and O–H groups in total. The molecular formula is C43H27N3O. The summed E-state index contributed by atoms with van der Waals surface area (Å²) in [6, 6.07) is 51.2. The van der Waals surface area contributed by atoms with Crippen molar-refractivity contribution < 1.29 is 4.42 Å². The van der Waals surface area contributed by atoms with E-state index in [1.165, 1.54) is 27.6 Å². The number of rotatable bonds is 3. The molecule has 10 rings (SSSR count). The molecule has 0 radical (unpaired) electrons. The molecule has 3 heterocycles. The van der Waals surface area contributed by atoms with Gasteiger partial charge in [0.15, 0.2) is 0 Å². The third kappa shape index (κ3) is 3.57. The zero-order valence-corrected chi connectivity index (χ0v) is 25.3. The van der Waals surface area contributed by atoms with Gasteiger partial charge in [-0.15, -0.1) is 0 Å². The van der Waals surface area contributed by atoms with Crippen molar-refractivity contribution >= 4 is 50.2 Å². The average molecular weight is 602 g/mol. The minimum Gasteiger partial charge on any atom is -0.460 e. The van der Waals surface area contributed by atoms with Gasteiger partial charge in [-0.25, -0.2) is 0 Å². The van der Waals surface area contributed by atoms with Crippen molar-refractivity contribution in [3.05, 3.63) is 168 Å². The van der Waals surface area contributed by atoms with Crippen LogP contribution < -0.4 is 4.90 Å². The van der Waals surface area contributed by atoms with E-state index in [-0.39, 0.29) is 12.0 Å². The summed E-state index contributed by atoms with van der Waals surface area (Å²) in [4.78, 5) is 2.47. The van der Waals surface area contributed by atoms with Crippen LogP contribution in [0, 0.1) is 11.3 Å². The van der Waals surface area contributed by atoms with Crippen molar-refractivity contribution in [1.29, 1.82) is 5.26 Å². The molecule has 0 fully saturated rings. The van der Waals surface area contributed by atoms with E-state index in [2.05, 4.69) is 149 Å². The van der Waals surface area contributed by atoms with Gasteiger partial charge in [-0.1, -0.05) is 115 Å². The van der Waals surface area contributed by atoms with Gasteiger partial charge < -0.3 is 13.9 Å². The molecule has 2 aromatic heterocycles. The summed E-state index contributed by atoms with van der Waals surface area (Å²) in [5, 5.41) is 14.0. The highest BCUT2D eigenvalue weighted by Crippen LogP contribution is 2.54. The molecule has 1 aliphatic carbocycles. The van der Waals surface area contributed by atoms with Gasteiger partial charge in [0.1, 0.15) is 17.4 Å². The van der Waals surface area contributed by atoms with Crippen molar-refractivity contribution in [2.75, 3.05) is 4.90 Å². The molecule has 1 aliphatic heterocycles. The Morgan fingerprint density at radius 1 is 0.596 bits per heavy atom. The number of fused-ring (bicyclic) bond motifs is 10. The van der Waals surface area contributed by atoms with Crippen molar-refractivity contribution in [3.63, 3.8) is 0 Å². The number of anilines is 2.